The van der Waals surface area contributed by atoms with Crippen LogP contribution in [-0.4, -0.2) is 23.9 Å². The molecule has 0 radical (unpaired) electrons. The van der Waals surface area contributed by atoms with E-state index in [1.165, 1.54) is 6.07 Å². The quantitative estimate of drug-likeness (QED) is 0.410. The lowest BCUT2D eigenvalue weighted by Crippen LogP contribution is -2.47. The molecule has 0 heterocycles. The summed E-state index contributed by atoms with van der Waals surface area (Å²) in [6, 6.07) is 19.9. The molecule has 0 saturated heterocycles. The highest BCUT2D eigenvalue weighted by molar-refractivity contribution is 7.17. The van der Waals surface area contributed by atoms with Crippen LogP contribution in [-0.2, 0) is 15.5 Å². The third kappa shape index (κ3) is 6.42. The van der Waals surface area contributed by atoms with Crippen LogP contribution in [0.1, 0.15) is 17.5 Å². The smallest absolute Gasteiger partial charge is 0.327 e. The first-order valence-electron chi connectivity index (χ1n) is 9.90. The van der Waals surface area contributed by atoms with E-state index in [9.17, 15) is 14.1 Å². The van der Waals surface area contributed by atoms with E-state index in [0.29, 0.717) is 29.9 Å². The van der Waals surface area contributed by atoms with Crippen LogP contribution < -0.4 is 10.5 Å². The predicted molar refractivity (Wildman–Crippen MR) is 119 cm³/mol. The van der Waals surface area contributed by atoms with Crippen LogP contribution in [0.5, 0.6) is 11.5 Å². The van der Waals surface area contributed by atoms with Gasteiger partial charge in [-0.3, -0.25) is 4.52 Å². The van der Waals surface area contributed by atoms with Crippen molar-refractivity contribution in [3.63, 3.8) is 0 Å². The summed E-state index contributed by atoms with van der Waals surface area (Å²) in [6.07, 6.45) is 1.06. The fourth-order valence-electron chi connectivity index (χ4n) is 3.13. The van der Waals surface area contributed by atoms with Crippen LogP contribution in [0.25, 0.3) is 11.1 Å². The third-order valence-electron chi connectivity index (χ3n) is 5.09. The van der Waals surface area contributed by atoms with Gasteiger partial charge in [-0.05, 0) is 55.2 Å². The van der Waals surface area contributed by atoms with Crippen molar-refractivity contribution in [1.29, 1.82) is 0 Å². The summed E-state index contributed by atoms with van der Waals surface area (Å²) in [5, 5.41) is 9.48. The van der Waals surface area contributed by atoms with E-state index < -0.39 is 14.2 Å². The number of hydrogen-bond donors (Lipinski definition) is 2. The average Bonchev–Trinajstić information content (AvgIpc) is 2.78. The van der Waals surface area contributed by atoms with Crippen LogP contribution >= 0.6 is 8.69 Å². The Hall–Kier alpha value is -2.63. The molecule has 1 unspecified atom stereocenters. The fourth-order valence-corrected chi connectivity index (χ4v) is 3.44. The lowest BCUT2D eigenvalue weighted by atomic mass is 9.93. The molecule has 0 amide bonds. The number of aliphatic hydroxyl groups excluding tert-OH is 1. The second kappa shape index (κ2) is 10.6. The number of hydrogen-bond acceptors (Lipinski definition) is 5. The highest BCUT2D eigenvalue weighted by Crippen LogP contribution is 2.29. The van der Waals surface area contributed by atoms with Gasteiger partial charge in [0, 0.05) is 11.6 Å². The summed E-state index contributed by atoms with van der Waals surface area (Å²) in [4.78, 5) is 0. The second-order valence-electron chi connectivity index (χ2n) is 7.62. The van der Waals surface area contributed by atoms with Crippen molar-refractivity contribution in [3.05, 3.63) is 83.7 Å². The second-order valence-corrected chi connectivity index (χ2v) is 8.03. The van der Waals surface area contributed by atoms with Crippen molar-refractivity contribution in [2.75, 3.05) is 13.2 Å². The van der Waals surface area contributed by atoms with Crippen molar-refractivity contribution in [2.24, 2.45) is 5.73 Å². The molecule has 5 nitrogen and oxygen atoms in total. The molecular formula is C24H25FNO4P. The molecule has 31 heavy (non-hydrogen) atoms. The molecule has 0 aliphatic heterocycles. The highest BCUT2D eigenvalue weighted by atomic mass is 31.1. The van der Waals surface area contributed by atoms with E-state index in [1.54, 1.807) is 12.1 Å². The molecule has 0 aliphatic carbocycles. The van der Waals surface area contributed by atoms with Gasteiger partial charge in [-0.1, -0.05) is 42.0 Å². The lowest BCUT2D eigenvalue weighted by Gasteiger charge is -2.25. The first-order valence-corrected chi connectivity index (χ1v) is 10.6. The Balaban J connectivity index is 1.66. The molecule has 0 fully saturated rings. The molecule has 3 rings (SSSR count). The molecule has 3 aromatic carbocycles. The monoisotopic (exact) mass is 441 g/mol. The van der Waals surface area contributed by atoms with Gasteiger partial charge in [0.2, 0.25) is 0 Å². The maximum atomic E-state index is 14.7. The molecule has 162 valence electrons. The van der Waals surface area contributed by atoms with Crippen molar-refractivity contribution < 1.29 is 23.3 Å². The van der Waals surface area contributed by atoms with Gasteiger partial charge in [-0.15, -0.1) is 0 Å². The van der Waals surface area contributed by atoms with Gasteiger partial charge in [0.25, 0.3) is 0 Å². The van der Waals surface area contributed by atoms with Gasteiger partial charge in [-0.2, -0.15) is 0 Å². The number of aryl methyl sites for hydroxylation is 2. The zero-order valence-corrected chi connectivity index (χ0v) is 18.1. The molecule has 0 bridgehead atoms. The van der Waals surface area contributed by atoms with Gasteiger partial charge in [0.1, 0.15) is 17.3 Å². The van der Waals surface area contributed by atoms with Gasteiger partial charge < -0.3 is 15.6 Å². The maximum Gasteiger partial charge on any atom is 0.327 e. The first kappa shape index (κ1) is 23.0. The Bertz CT molecular complexity index is 1010. The molecule has 1 atom stereocenters. The van der Waals surface area contributed by atoms with E-state index in [2.05, 4.69) is 0 Å². The number of ether oxygens (including phenoxy) is 1. The summed E-state index contributed by atoms with van der Waals surface area (Å²) in [5.41, 5.74) is 8.45. The Kier molecular flexibility index (Phi) is 7.88. The summed E-state index contributed by atoms with van der Waals surface area (Å²) >= 11 is 0. The predicted octanol–water partition coefficient (Wildman–Crippen LogP) is 5.44. The zero-order valence-electron chi connectivity index (χ0n) is 17.3. The molecule has 3 N–H and O–H groups in total. The lowest BCUT2D eigenvalue weighted by molar-refractivity contribution is 0.133. The Labute approximate surface area is 182 Å². The number of benzene rings is 3. The standard InChI is InChI=1S/C24H25FNO4P/c1-17-2-8-20(9-3-17)30-21-10-11-22(23(25)14-21)19-6-4-18(5-7-19)12-13-24(26,15-27)16-29-31-28/h2-11,14,27H,12-13,15-16,26H2,1H3. The summed E-state index contributed by atoms with van der Waals surface area (Å²) in [5.74, 6) is 0.721. The molecule has 0 aliphatic rings. The van der Waals surface area contributed by atoms with E-state index >= 15 is 0 Å². The third-order valence-corrected chi connectivity index (χ3v) is 5.33. The number of rotatable bonds is 10. The summed E-state index contributed by atoms with van der Waals surface area (Å²) in [6.45, 7) is 1.71. The normalized spacial score (nSPS) is 13.2. The van der Waals surface area contributed by atoms with Gasteiger partial charge in [0.05, 0.1) is 18.8 Å². The van der Waals surface area contributed by atoms with Gasteiger partial charge in [-0.25, -0.2) is 8.96 Å². The zero-order chi connectivity index (χ0) is 22.3. The van der Waals surface area contributed by atoms with E-state index in [1.807, 2.05) is 55.5 Å². The molecule has 0 spiro atoms. The van der Waals surface area contributed by atoms with Crippen LogP contribution in [0, 0.1) is 12.7 Å². The van der Waals surface area contributed by atoms with Crippen LogP contribution in [0.15, 0.2) is 66.7 Å². The van der Waals surface area contributed by atoms with Gasteiger partial charge in [0.15, 0.2) is 0 Å². The Morgan fingerprint density at radius 2 is 1.71 bits per heavy atom. The summed E-state index contributed by atoms with van der Waals surface area (Å²) in [7, 11) is -0.463. The van der Waals surface area contributed by atoms with Crippen molar-refractivity contribution in [1.82, 2.24) is 0 Å². The van der Waals surface area contributed by atoms with E-state index in [-0.39, 0.29) is 19.0 Å². The fraction of sp³-hybridized carbons (Fsp3) is 0.250. The Morgan fingerprint density at radius 3 is 2.32 bits per heavy atom. The molecule has 7 heteroatoms. The number of nitrogens with two attached hydrogens (primary N) is 1. The largest absolute Gasteiger partial charge is 0.457 e. The minimum atomic E-state index is -0.963. The molecular weight excluding hydrogens is 416 g/mol. The van der Waals surface area contributed by atoms with Gasteiger partial charge >= 0.3 is 8.69 Å². The SMILES string of the molecule is Cc1ccc(Oc2ccc(-c3ccc(CCC(N)(CO)COP=O)cc3)c(F)c2)cc1. The molecule has 3 aromatic rings. The minimum Gasteiger partial charge on any atom is -0.457 e. The molecule has 0 aromatic heterocycles. The first-order chi connectivity index (χ1) is 14.9. The Morgan fingerprint density at radius 1 is 1.03 bits per heavy atom. The maximum absolute atomic E-state index is 14.7. The van der Waals surface area contributed by atoms with E-state index in [0.717, 1.165) is 16.7 Å². The average molecular weight is 441 g/mol. The topological polar surface area (TPSA) is 81.8 Å². The van der Waals surface area contributed by atoms with Crippen molar-refractivity contribution in [2.45, 2.75) is 25.3 Å². The summed E-state index contributed by atoms with van der Waals surface area (Å²) < 4.78 is 35.7. The number of aliphatic hydroxyl groups is 1. The van der Waals surface area contributed by atoms with Crippen LogP contribution in [0.2, 0.25) is 0 Å². The van der Waals surface area contributed by atoms with Crippen molar-refractivity contribution in [3.8, 4) is 22.6 Å². The molecule has 0 saturated carbocycles. The highest BCUT2D eigenvalue weighted by Gasteiger charge is 2.24. The van der Waals surface area contributed by atoms with Crippen LogP contribution in [0.4, 0.5) is 4.39 Å². The number of halogens is 1. The van der Waals surface area contributed by atoms with Crippen LogP contribution in [0.3, 0.4) is 0 Å². The van der Waals surface area contributed by atoms with Crippen molar-refractivity contribution >= 4 is 8.69 Å². The minimum absolute atomic E-state index is 0.00510. The van der Waals surface area contributed by atoms with E-state index in [4.69, 9.17) is 15.0 Å².